The fraction of sp³-hybridized carbons (Fsp3) is 0.227. The Bertz CT molecular complexity index is 1210. The van der Waals surface area contributed by atoms with E-state index in [9.17, 15) is 27.2 Å². The summed E-state index contributed by atoms with van der Waals surface area (Å²) in [5.74, 6) is -1.73. The first-order valence-electron chi connectivity index (χ1n) is 10.2. The van der Waals surface area contributed by atoms with Crippen LogP contribution in [0.5, 0.6) is 0 Å². The molecule has 8 nitrogen and oxygen atoms in total. The molecule has 2 aromatic carbocycles. The fourth-order valence-corrected chi connectivity index (χ4v) is 3.48. The largest absolute Gasteiger partial charge is 0.435 e. The SMILES string of the molecule is O=CNc1cccc(-n2nc(C(F)(F)F)cc2C(=O)Nc2ccc(N3CCOCC3)cc2F)c1. The average molecular weight is 477 g/mol. The predicted molar refractivity (Wildman–Crippen MR) is 116 cm³/mol. The molecule has 0 atom stereocenters. The maximum atomic E-state index is 14.7. The highest BCUT2D eigenvalue weighted by Gasteiger charge is 2.36. The van der Waals surface area contributed by atoms with Crippen LogP contribution in [-0.2, 0) is 15.7 Å². The minimum atomic E-state index is -4.82. The van der Waals surface area contributed by atoms with Crippen LogP contribution in [0.15, 0.2) is 48.5 Å². The molecule has 0 spiro atoms. The van der Waals surface area contributed by atoms with Gasteiger partial charge < -0.3 is 20.3 Å². The van der Waals surface area contributed by atoms with Gasteiger partial charge in [-0.05, 0) is 36.4 Å². The molecule has 0 unspecified atom stereocenters. The summed E-state index contributed by atoms with van der Waals surface area (Å²) in [5.41, 5.74) is -0.979. The van der Waals surface area contributed by atoms with E-state index in [1.807, 2.05) is 4.90 Å². The van der Waals surface area contributed by atoms with Crippen molar-refractivity contribution < 1.29 is 31.9 Å². The molecule has 1 fully saturated rings. The number of halogens is 4. The summed E-state index contributed by atoms with van der Waals surface area (Å²) >= 11 is 0. The van der Waals surface area contributed by atoms with E-state index in [2.05, 4.69) is 15.7 Å². The van der Waals surface area contributed by atoms with Crippen molar-refractivity contribution >= 4 is 29.4 Å². The van der Waals surface area contributed by atoms with Crippen molar-refractivity contribution in [2.24, 2.45) is 0 Å². The van der Waals surface area contributed by atoms with Crippen molar-refractivity contribution in [1.82, 2.24) is 9.78 Å². The van der Waals surface area contributed by atoms with E-state index in [0.717, 1.165) is 4.68 Å². The van der Waals surface area contributed by atoms with Crippen molar-refractivity contribution in [3.63, 3.8) is 0 Å². The van der Waals surface area contributed by atoms with Crippen LogP contribution < -0.4 is 15.5 Å². The normalized spacial score (nSPS) is 14.1. The molecule has 0 saturated carbocycles. The molecule has 34 heavy (non-hydrogen) atoms. The predicted octanol–water partition coefficient (Wildman–Crippen LogP) is 3.69. The van der Waals surface area contributed by atoms with E-state index in [0.29, 0.717) is 44.5 Å². The lowest BCUT2D eigenvalue weighted by Gasteiger charge is -2.29. The second-order valence-corrected chi connectivity index (χ2v) is 7.35. The number of anilines is 3. The fourth-order valence-electron chi connectivity index (χ4n) is 3.48. The molecule has 4 rings (SSSR count). The van der Waals surface area contributed by atoms with Gasteiger partial charge in [0.05, 0.1) is 24.6 Å². The van der Waals surface area contributed by atoms with Crippen LogP contribution in [0.2, 0.25) is 0 Å². The van der Waals surface area contributed by atoms with Crippen LogP contribution in [0.4, 0.5) is 34.6 Å². The number of carbonyl (C=O) groups excluding carboxylic acids is 2. The second kappa shape index (κ2) is 9.51. The van der Waals surface area contributed by atoms with Gasteiger partial charge >= 0.3 is 6.18 Å². The summed E-state index contributed by atoms with van der Waals surface area (Å²) in [7, 11) is 0. The molecule has 1 aliphatic heterocycles. The van der Waals surface area contributed by atoms with Gasteiger partial charge in [-0.3, -0.25) is 9.59 Å². The minimum absolute atomic E-state index is 0.0932. The number of nitrogens with one attached hydrogen (secondary N) is 2. The Hall–Kier alpha value is -3.93. The Labute approximate surface area is 191 Å². The molecule has 0 bridgehead atoms. The molecule has 1 aromatic heterocycles. The van der Waals surface area contributed by atoms with Crippen molar-refractivity contribution in [2.75, 3.05) is 41.8 Å². The van der Waals surface area contributed by atoms with Crippen LogP contribution in [0.3, 0.4) is 0 Å². The molecule has 0 aliphatic carbocycles. The molecule has 2 N–H and O–H groups in total. The molecule has 1 aliphatic rings. The van der Waals surface area contributed by atoms with Gasteiger partial charge in [-0.1, -0.05) is 6.07 Å². The van der Waals surface area contributed by atoms with Crippen molar-refractivity contribution in [3.05, 3.63) is 65.7 Å². The van der Waals surface area contributed by atoms with E-state index in [1.54, 1.807) is 6.07 Å². The first kappa shape index (κ1) is 23.2. The smallest absolute Gasteiger partial charge is 0.378 e. The Morgan fingerprint density at radius 1 is 1.06 bits per heavy atom. The summed E-state index contributed by atoms with van der Waals surface area (Å²) in [5, 5.41) is 8.21. The topological polar surface area (TPSA) is 88.5 Å². The van der Waals surface area contributed by atoms with Gasteiger partial charge in [-0.15, -0.1) is 0 Å². The monoisotopic (exact) mass is 477 g/mol. The molecule has 3 aromatic rings. The summed E-state index contributed by atoms with van der Waals surface area (Å²) in [4.78, 5) is 25.5. The quantitative estimate of drug-likeness (QED) is 0.418. The highest BCUT2D eigenvalue weighted by atomic mass is 19.4. The number of alkyl halides is 3. The minimum Gasteiger partial charge on any atom is -0.378 e. The third-order valence-electron chi connectivity index (χ3n) is 5.13. The highest BCUT2D eigenvalue weighted by molar-refractivity contribution is 6.03. The first-order valence-corrected chi connectivity index (χ1v) is 10.2. The average Bonchev–Trinajstić information content (AvgIpc) is 3.28. The maximum absolute atomic E-state index is 14.7. The van der Waals surface area contributed by atoms with Gasteiger partial charge in [0.1, 0.15) is 11.5 Å². The maximum Gasteiger partial charge on any atom is 0.435 e. The standard InChI is InChI=1S/C22H19F4N5O3/c23-17-11-15(30-6-8-34-9-7-30)4-5-18(17)28-21(33)19-12-20(22(24,25)26)29-31(19)16-3-1-2-14(10-16)27-13-32/h1-5,10-13H,6-9H2,(H,27,32)(H,28,33). The zero-order valence-corrected chi connectivity index (χ0v) is 17.6. The number of morpholine rings is 1. The van der Waals surface area contributed by atoms with Crippen LogP contribution in [0, 0.1) is 5.82 Å². The number of hydrogen-bond donors (Lipinski definition) is 2. The summed E-state index contributed by atoms with van der Waals surface area (Å²) in [6, 6.07) is 10.5. The van der Waals surface area contributed by atoms with Gasteiger partial charge in [0.2, 0.25) is 6.41 Å². The van der Waals surface area contributed by atoms with Gasteiger partial charge in [-0.2, -0.15) is 18.3 Å². The van der Waals surface area contributed by atoms with Crippen molar-refractivity contribution in [2.45, 2.75) is 6.18 Å². The van der Waals surface area contributed by atoms with Crippen molar-refractivity contribution in [3.8, 4) is 5.69 Å². The Balaban J connectivity index is 1.64. The first-order chi connectivity index (χ1) is 16.3. The lowest BCUT2D eigenvalue weighted by Crippen LogP contribution is -2.36. The van der Waals surface area contributed by atoms with Crippen molar-refractivity contribution in [1.29, 1.82) is 0 Å². The number of rotatable bonds is 6. The van der Waals surface area contributed by atoms with Gasteiger partial charge in [-0.25, -0.2) is 9.07 Å². The molecule has 2 amide bonds. The van der Waals surface area contributed by atoms with Crippen LogP contribution >= 0.6 is 0 Å². The lowest BCUT2D eigenvalue weighted by molar-refractivity contribution is -0.141. The Kier molecular flexibility index (Phi) is 6.50. The highest BCUT2D eigenvalue weighted by Crippen LogP contribution is 2.31. The van der Waals surface area contributed by atoms with Crippen LogP contribution in [0.25, 0.3) is 5.69 Å². The van der Waals surface area contributed by atoms with Crippen LogP contribution in [-0.4, -0.2) is 48.4 Å². The molecule has 0 radical (unpaired) electrons. The molecular formula is C22H19F4N5O3. The number of benzene rings is 2. The number of amides is 2. The van der Waals surface area contributed by atoms with Gasteiger partial charge in [0.25, 0.3) is 5.91 Å². The van der Waals surface area contributed by atoms with Gasteiger partial charge in [0, 0.05) is 30.5 Å². The molecule has 12 heteroatoms. The summed E-state index contributed by atoms with van der Waals surface area (Å²) in [6.07, 6.45) is -4.41. The lowest BCUT2D eigenvalue weighted by atomic mass is 10.2. The third kappa shape index (κ3) is 5.01. The number of ether oxygens (including phenoxy) is 1. The van der Waals surface area contributed by atoms with E-state index >= 15 is 0 Å². The zero-order chi connectivity index (χ0) is 24.3. The zero-order valence-electron chi connectivity index (χ0n) is 17.6. The summed E-state index contributed by atoms with van der Waals surface area (Å²) < 4.78 is 60.8. The molecule has 178 valence electrons. The third-order valence-corrected chi connectivity index (χ3v) is 5.13. The summed E-state index contributed by atoms with van der Waals surface area (Å²) in [6.45, 7) is 2.19. The molecule has 2 heterocycles. The van der Waals surface area contributed by atoms with E-state index < -0.39 is 29.3 Å². The molecule has 1 saturated heterocycles. The Morgan fingerprint density at radius 2 is 1.82 bits per heavy atom. The number of nitrogens with zero attached hydrogens (tertiary/aromatic N) is 3. The second-order valence-electron chi connectivity index (χ2n) is 7.35. The van der Waals surface area contributed by atoms with E-state index in [1.165, 1.54) is 36.4 Å². The number of hydrogen-bond acceptors (Lipinski definition) is 5. The number of aromatic nitrogens is 2. The van der Waals surface area contributed by atoms with E-state index in [4.69, 9.17) is 4.74 Å². The Morgan fingerprint density at radius 3 is 2.50 bits per heavy atom. The molecular weight excluding hydrogens is 458 g/mol. The van der Waals surface area contributed by atoms with Crippen LogP contribution in [0.1, 0.15) is 16.2 Å². The number of carbonyl (C=O) groups is 2. The van der Waals surface area contributed by atoms with Gasteiger partial charge in [0.15, 0.2) is 5.69 Å². The van der Waals surface area contributed by atoms with E-state index in [-0.39, 0.29) is 17.1 Å².